The van der Waals surface area contributed by atoms with E-state index in [1.54, 1.807) is 0 Å². The molecule has 0 radical (unpaired) electrons. The van der Waals surface area contributed by atoms with Crippen molar-refractivity contribution in [1.29, 1.82) is 0 Å². The highest BCUT2D eigenvalue weighted by Crippen LogP contribution is 2.17. The van der Waals surface area contributed by atoms with Crippen LogP contribution in [-0.4, -0.2) is 17.3 Å². The molecule has 0 atom stereocenters. The highest BCUT2D eigenvalue weighted by molar-refractivity contribution is 6.07. The lowest BCUT2D eigenvalue weighted by molar-refractivity contribution is -0.122. The predicted octanol–water partition coefficient (Wildman–Crippen LogP) is 1.73. The van der Waals surface area contributed by atoms with Gasteiger partial charge in [0, 0.05) is 6.42 Å². The van der Waals surface area contributed by atoms with Gasteiger partial charge in [0.25, 0.3) is 5.91 Å². The SMILES string of the molecule is CC(C)CCC1=NC(C)(C)C(=O)N1. The van der Waals surface area contributed by atoms with Gasteiger partial charge in [0.15, 0.2) is 0 Å². The number of carbonyl (C=O) groups excluding carboxylic acids is 1. The second-order valence-electron chi connectivity index (χ2n) is 4.50. The van der Waals surface area contributed by atoms with Gasteiger partial charge in [0.1, 0.15) is 11.4 Å². The van der Waals surface area contributed by atoms with E-state index < -0.39 is 5.54 Å². The van der Waals surface area contributed by atoms with Crippen molar-refractivity contribution in [2.24, 2.45) is 10.9 Å². The van der Waals surface area contributed by atoms with Crippen molar-refractivity contribution in [3.63, 3.8) is 0 Å². The van der Waals surface area contributed by atoms with Crippen LogP contribution >= 0.6 is 0 Å². The number of carbonyl (C=O) groups is 1. The number of rotatable bonds is 3. The van der Waals surface area contributed by atoms with E-state index in [2.05, 4.69) is 24.2 Å². The zero-order valence-corrected chi connectivity index (χ0v) is 8.85. The predicted molar refractivity (Wildman–Crippen MR) is 53.7 cm³/mol. The summed E-state index contributed by atoms with van der Waals surface area (Å²) in [6.45, 7) is 8.01. The van der Waals surface area contributed by atoms with E-state index in [4.69, 9.17) is 0 Å². The zero-order valence-electron chi connectivity index (χ0n) is 8.85. The lowest BCUT2D eigenvalue weighted by Gasteiger charge is -2.07. The van der Waals surface area contributed by atoms with Crippen LogP contribution in [0.1, 0.15) is 40.5 Å². The van der Waals surface area contributed by atoms with Crippen molar-refractivity contribution in [2.45, 2.75) is 46.1 Å². The maximum Gasteiger partial charge on any atom is 0.252 e. The molecule has 74 valence electrons. The highest BCUT2D eigenvalue weighted by atomic mass is 16.2. The number of amidine groups is 1. The molecule has 0 aromatic carbocycles. The molecule has 0 fully saturated rings. The van der Waals surface area contributed by atoms with Gasteiger partial charge in [-0.3, -0.25) is 9.79 Å². The first-order valence-electron chi connectivity index (χ1n) is 4.82. The first-order chi connectivity index (χ1) is 5.92. The van der Waals surface area contributed by atoms with Crippen LogP contribution < -0.4 is 5.32 Å². The molecule has 1 aliphatic rings. The van der Waals surface area contributed by atoms with Gasteiger partial charge in [-0.25, -0.2) is 0 Å². The fourth-order valence-electron chi connectivity index (χ4n) is 1.24. The Balaban J connectivity index is 2.51. The topological polar surface area (TPSA) is 41.5 Å². The summed E-state index contributed by atoms with van der Waals surface area (Å²) in [5.74, 6) is 1.53. The van der Waals surface area contributed by atoms with E-state index >= 15 is 0 Å². The summed E-state index contributed by atoms with van der Waals surface area (Å²) in [5, 5.41) is 2.81. The van der Waals surface area contributed by atoms with E-state index in [-0.39, 0.29) is 5.91 Å². The minimum absolute atomic E-state index is 0.0197. The lowest BCUT2D eigenvalue weighted by atomic mass is 10.1. The van der Waals surface area contributed by atoms with Crippen molar-refractivity contribution in [2.75, 3.05) is 0 Å². The Morgan fingerprint density at radius 2 is 2.08 bits per heavy atom. The average molecular weight is 182 g/mol. The molecule has 1 heterocycles. The first kappa shape index (κ1) is 10.2. The van der Waals surface area contributed by atoms with Crippen LogP contribution in [0.5, 0.6) is 0 Å². The molecule has 0 bridgehead atoms. The van der Waals surface area contributed by atoms with Crippen LogP contribution in [0.2, 0.25) is 0 Å². The number of nitrogens with one attached hydrogen (secondary N) is 1. The van der Waals surface area contributed by atoms with Crippen LogP contribution in [0.4, 0.5) is 0 Å². The molecule has 0 aromatic heterocycles. The quantitative estimate of drug-likeness (QED) is 0.709. The summed E-state index contributed by atoms with van der Waals surface area (Å²) in [5.41, 5.74) is -0.549. The second kappa shape index (κ2) is 3.48. The highest BCUT2D eigenvalue weighted by Gasteiger charge is 2.33. The molecule has 1 amide bonds. The molecule has 3 heteroatoms. The number of hydrogen-bond donors (Lipinski definition) is 1. The molecule has 0 aromatic rings. The van der Waals surface area contributed by atoms with E-state index in [1.807, 2.05) is 13.8 Å². The van der Waals surface area contributed by atoms with Crippen molar-refractivity contribution in [3.05, 3.63) is 0 Å². The summed E-state index contributed by atoms with van der Waals surface area (Å²) in [6, 6.07) is 0. The van der Waals surface area contributed by atoms with E-state index in [1.165, 1.54) is 0 Å². The Labute approximate surface area is 79.6 Å². The third-order valence-corrected chi connectivity index (χ3v) is 2.19. The van der Waals surface area contributed by atoms with Crippen LogP contribution in [0.3, 0.4) is 0 Å². The van der Waals surface area contributed by atoms with Crippen LogP contribution in [0.25, 0.3) is 0 Å². The minimum atomic E-state index is -0.549. The van der Waals surface area contributed by atoms with Crippen molar-refractivity contribution in [3.8, 4) is 0 Å². The summed E-state index contributed by atoms with van der Waals surface area (Å²) >= 11 is 0. The van der Waals surface area contributed by atoms with Crippen LogP contribution in [0, 0.1) is 5.92 Å². The van der Waals surface area contributed by atoms with Crippen molar-refractivity contribution >= 4 is 11.7 Å². The molecule has 0 unspecified atom stereocenters. The molecule has 1 aliphatic heterocycles. The van der Waals surface area contributed by atoms with Gasteiger partial charge >= 0.3 is 0 Å². The minimum Gasteiger partial charge on any atom is -0.312 e. The van der Waals surface area contributed by atoms with Crippen LogP contribution in [0.15, 0.2) is 4.99 Å². The normalized spacial score (nSPS) is 20.4. The van der Waals surface area contributed by atoms with Gasteiger partial charge in [-0.05, 0) is 26.2 Å². The zero-order chi connectivity index (χ0) is 10.1. The van der Waals surface area contributed by atoms with Gasteiger partial charge < -0.3 is 5.32 Å². The summed E-state index contributed by atoms with van der Waals surface area (Å²) in [4.78, 5) is 15.7. The third kappa shape index (κ3) is 2.54. The van der Waals surface area contributed by atoms with E-state index in [9.17, 15) is 4.79 Å². The molecule has 0 aliphatic carbocycles. The Hall–Kier alpha value is -0.860. The lowest BCUT2D eigenvalue weighted by Crippen LogP contribution is -2.34. The maximum absolute atomic E-state index is 11.3. The fourth-order valence-corrected chi connectivity index (χ4v) is 1.24. The Kier molecular flexibility index (Phi) is 2.74. The smallest absolute Gasteiger partial charge is 0.252 e. The summed E-state index contributed by atoms with van der Waals surface area (Å²) in [6.07, 6.45) is 1.96. The summed E-state index contributed by atoms with van der Waals surface area (Å²) in [7, 11) is 0. The molecule has 13 heavy (non-hydrogen) atoms. The number of aliphatic imine (C=N–C) groups is 1. The molecule has 3 nitrogen and oxygen atoms in total. The second-order valence-corrected chi connectivity index (χ2v) is 4.50. The molecule has 1 N–H and O–H groups in total. The van der Waals surface area contributed by atoms with Crippen LogP contribution in [-0.2, 0) is 4.79 Å². The maximum atomic E-state index is 11.3. The van der Waals surface area contributed by atoms with E-state index in [0.717, 1.165) is 18.7 Å². The Bertz CT molecular complexity index is 241. The van der Waals surface area contributed by atoms with E-state index in [0.29, 0.717) is 5.92 Å². The third-order valence-electron chi connectivity index (χ3n) is 2.19. The van der Waals surface area contributed by atoms with Gasteiger partial charge in [-0.1, -0.05) is 13.8 Å². The molecular formula is C10H18N2O. The number of hydrogen-bond acceptors (Lipinski definition) is 2. The largest absolute Gasteiger partial charge is 0.312 e. The monoisotopic (exact) mass is 182 g/mol. The molecule has 0 spiro atoms. The van der Waals surface area contributed by atoms with Gasteiger partial charge in [0.2, 0.25) is 0 Å². The number of nitrogens with zero attached hydrogens (tertiary/aromatic N) is 1. The van der Waals surface area contributed by atoms with Crippen molar-refractivity contribution in [1.82, 2.24) is 5.32 Å². The fraction of sp³-hybridized carbons (Fsp3) is 0.800. The summed E-state index contributed by atoms with van der Waals surface area (Å²) < 4.78 is 0. The van der Waals surface area contributed by atoms with Gasteiger partial charge in [-0.15, -0.1) is 0 Å². The Morgan fingerprint density at radius 3 is 2.46 bits per heavy atom. The van der Waals surface area contributed by atoms with Crippen molar-refractivity contribution < 1.29 is 4.79 Å². The average Bonchev–Trinajstić information content (AvgIpc) is 2.22. The van der Waals surface area contributed by atoms with Gasteiger partial charge in [-0.2, -0.15) is 0 Å². The first-order valence-corrected chi connectivity index (χ1v) is 4.82. The van der Waals surface area contributed by atoms with Gasteiger partial charge in [0.05, 0.1) is 0 Å². The molecular weight excluding hydrogens is 164 g/mol. The molecule has 0 saturated carbocycles. The number of amides is 1. The molecule has 1 rings (SSSR count). The molecule has 0 saturated heterocycles. The Morgan fingerprint density at radius 1 is 1.46 bits per heavy atom. The standard InChI is InChI=1S/C10H18N2O/c1-7(2)5-6-8-11-9(13)10(3,4)12-8/h7H,5-6H2,1-4H3,(H,11,12,13).